The predicted octanol–water partition coefficient (Wildman–Crippen LogP) is 0.939. The normalized spacial score (nSPS) is 9.11. The van der Waals surface area contributed by atoms with E-state index in [-0.39, 0.29) is 119 Å². The third-order valence-electron chi connectivity index (χ3n) is 2.37. The van der Waals surface area contributed by atoms with Crippen molar-refractivity contribution in [3.63, 3.8) is 0 Å². The average molecular weight is 296 g/mol. The average Bonchev–Trinajstić information content (AvgIpc) is 2.27. The fourth-order valence-corrected chi connectivity index (χ4v) is 1.70. The molecule has 6 heteroatoms. The number of hydrogen-bond acceptors (Lipinski definition) is 2. The second-order valence-corrected chi connectivity index (χ2v) is 3.32. The second kappa shape index (κ2) is 8.26. The SMILES string of the molecule is O=C(O)c1cccc2cccc(C(=O)O)c12.[KH].[KH]. The number of aromatic carboxylic acids is 2. The van der Waals surface area contributed by atoms with E-state index in [9.17, 15) is 9.59 Å². The number of benzene rings is 2. The molecule has 0 saturated heterocycles. The monoisotopic (exact) mass is 296 g/mol. The van der Waals surface area contributed by atoms with Crippen molar-refractivity contribution in [1.29, 1.82) is 0 Å². The van der Waals surface area contributed by atoms with Gasteiger partial charge in [0.2, 0.25) is 0 Å². The Bertz CT molecular complexity index is 547. The quantitative estimate of drug-likeness (QED) is 0.809. The number of fused-ring (bicyclic) bond motifs is 1. The standard InChI is InChI=1S/C12H8O4.2K.2H/c13-11(14)8-5-1-3-7-4-2-6-9(10(7)8)12(15)16;;;;/h1-6H,(H,13,14)(H,15,16);;;;. The van der Waals surface area contributed by atoms with Gasteiger partial charge in [-0.2, -0.15) is 0 Å². The van der Waals surface area contributed by atoms with Crippen LogP contribution in [0.15, 0.2) is 36.4 Å². The van der Waals surface area contributed by atoms with Gasteiger partial charge in [-0.3, -0.25) is 0 Å². The molecule has 4 nitrogen and oxygen atoms in total. The van der Waals surface area contributed by atoms with Gasteiger partial charge in [0.15, 0.2) is 0 Å². The minimum atomic E-state index is -1.13. The van der Waals surface area contributed by atoms with Crippen LogP contribution in [-0.4, -0.2) is 125 Å². The molecule has 2 aromatic carbocycles. The van der Waals surface area contributed by atoms with Gasteiger partial charge < -0.3 is 10.2 Å². The zero-order valence-electron chi connectivity index (χ0n) is 8.18. The summed E-state index contributed by atoms with van der Waals surface area (Å²) >= 11 is 0. The molecular formula is C12H10K2O4. The summed E-state index contributed by atoms with van der Waals surface area (Å²) < 4.78 is 0. The summed E-state index contributed by atoms with van der Waals surface area (Å²) in [4.78, 5) is 22.0. The molecule has 2 N–H and O–H groups in total. The summed E-state index contributed by atoms with van der Waals surface area (Å²) in [5.74, 6) is -2.25. The Morgan fingerprint density at radius 2 is 1.17 bits per heavy atom. The maximum absolute atomic E-state index is 11.0. The molecule has 0 aliphatic heterocycles. The maximum atomic E-state index is 11.0. The first-order valence-electron chi connectivity index (χ1n) is 4.59. The van der Waals surface area contributed by atoms with Crippen LogP contribution in [0.1, 0.15) is 20.7 Å². The molecule has 0 spiro atoms. The van der Waals surface area contributed by atoms with E-state index in [1.807, 2.05) is 0 Å². The Labute approximate surface area is 189 Å². The van der Waals surface area contributed by atoms with Crippen LogP contribution in [0.4, 0.5) is 0 Å². The molecule has 2 rings (SSSR count). The van der Waals surface area contributed by atoms with Crippen molar-refractivity contribution >= 4 is 125 Å². The van der Waals surface area contributed by atoms with Crippen molar-refractivity contribution in [3.05, 3.63) is 47.5 Å². The number of carboxylic acid groups (broad SMARTS) is 2. The van der Waals surface area contributed by atoms with E-state index in [1.54, 1.807) is 24.3 Å². The van der Waals surface area contributed by atoms with Crippen molar-refractivity contribution in [1.82, 2.24) is 0 Å². The minimum absolute atomic E-state index is 0. The van der Waals surface area contributed by atoms with Crippen LogP contribution in [0.5, 0.6) is 0 Å². The Morgan fingerprint density at radius 3 is 1.50 bits per heavy atom. The molecule has 0 radical (unpaired) electrons. The first kappa shape index (κ1) is 18.9. The summed E-state index contributed by atoms with van der Waals surface area (Å²) in [5.41, 5.74) is 0.0194. The number of rotatable bonds is 2. The Morgan fingerprint density at radius 1 is 0.778 bits per heavy atom. The van der Waals surface area contributed by atoms with Crippen LogP contribution >= 0.6 is 0 Å². The molecule has 2 aromatic rings. The summed E-state index contributed by atoms with van der Waals surface area (Å²) in [6, 6.07) is 9.37. The van der Waals surface area contributed by atoms with Crippen LogP contribution in [-0.2, 0) is 0 Å². The molecule has 0 bridgehead atoms. The molecule has 0 aromatic heterocycles. The van der Waals surface area contributed by atoms with Crippen molar-refractivity contribution in [3.8, 4) is 0 Å². The summed E-state index contributed by atoms with van der Waals surface area (Å²) in [7, 11) is 0. The fraction of sp³-hybridized carbons (Fsp3) is 0. The van der Waals surface area contributed by atoms with Crippen LogP contribution in [0.3, 0.4) is 0 Å². The zero-order chi connectivity index (χ0) is 11.7. The van der Waals surface area contributed by atoms with Gasteiger partial charge in [0.25, 0.3) is 0 Å². The van der Waals surface area contributed by atoms with Crippen LogP contribution in [0.2, 0.25) is 0 Å². The number of carbonyl (C=O) groups is 2. The fourth-order valence-electron chi connectivity index (χ4n) is 1.70. The zero-order valence-corrected chi connectivity index (χ0v) is 8.18. The van der Waals surface area contributed by atoms with Gasteiger partial charge in [0, 0.05) is 5.39 Å². The van der Waals surface area contributed by atoms with E-state index in [4.69, 9.17) is 10.2 Å². The first-order valence-corrected chi connectivity index (χ1v) is 4.59. The third-order valence-corrected chi connectivity index (χ3v) is 2.37. The molecule has 0 aliphatic rings. The summed E-state index contributed by atoms with van der Waals surface area (Å²) in [6.45, 7) is 0. The van der Waals surface area contributed by atoms with Crippen LogP contribution < -0.4 is 0 Å². The van der Waals surface area contributed by atoms with E-state index in [0.717, 1.165) is 0 Å². The molecule has 0 heterocycles. The van der Waals surface area contributed by atoms with E-state index in [1.165, 1.54) is 12.1 Å². The molecule has 0 amide bonds. The summed E-state index contributed by atoms with van der Waals surface area (Å²) in [6.07, 6.45) is 0. The predicted molar refractivity (Wildman–Crippen MR) is 72.2 cm³/mol. The van der Waals surface area contributed by atoms with Crippen molar-refractivity contribution in [2.75, 3.05) is 0 Å². The molecule has 0 unspecified atom stereocenters. The third kappa shape index (κ3) is 3.95. The van der Waals surface area contributed by atoms with Gasteiger partial charge >= 0.3 is 115 Å². The van der Waals surface area contributed by atoms with Crippen LogP contribution in [0, 0.1) is 0 Å². The van der Waals surface area contributed by atoms with Gasteiger partial charge in [0.05, 0.1) is 11.1 Å². The molecule has 84 valence electrons. The van der Waals surface area contributed by atoms with E-state index in [2.05, 4.69) is 0 Å². The molecule has 0 atom stereocenters. The van der Waals surface area contributed by atoms with E-state index >= 15 is 0 Å². The van der Waals surface area contributed by atoms with Crippen molar-refractivity contribution in [2.24, 2.45) is 0 Å². The van der Waals surface area contributed by atoms with E-state index < -0.39 is 11.9 Å². The molecule has 0 aliphatic carbocycles. The number of hydrogen-bond donors (Lipinski definition) is 2. The van der Waals surface area contributed by atoms with Crippen LogP contribution in [0.25, 0.3) is 10.8 Å². The molecule has 18 heavy (non-hydrogen) atoms. The van der Waals surface area contributed by atoms with Gasteiger partial charge in [-0.25, -0.2) is 9.59 Å². The second-order valence-electron chi connectivity index (χ2n) is 3.32. The van der Waals surface area contributed by atoms with E-state index in [0.29, 0.717) is 5.39 Å². The number of carboxylic acids is 2. The van der Waals surface area contributed by atoms with Gasteiger partial charge in [0.1, 0.15) is 0 Å². The van der Waals surface area contributed by atoms with Crippen molar-refractivity contribution in [2.45, 2.75) is 0 Å². The Balaban J connectivity index is 0.00000144. The van der Waals surface area contributed by atoms with Gasteiger partial charge in [-0.05, 0) is 17.5 Å². The summed E-state index contributed by atoms with van der Waals surface area (Å²) in [5, 5.41) is 18.9. The first-order chi connectivity index (χ1) is 7.61. The van der Waals surface area contributed by atoms with Gasteiger partial charge in [-0.15, -0.1) is 0 Å². The molecular weight excluding hydrogens is 286 g/mol. The molecule has 0 saturated carbocycles. The van der Waals surface area contributed by atoms with Gasteiger partial charge in [-0.1, -0.05) is 24.3 Å². The van der Waals surface area contributed by atoms with Crippen molar-refractivity contribution < 1.29 is 19.8 Å². The Kier molecular flexibility index (Phi) is 8.67. The Hall–Kier alpha value is 0.913. The topological polar surface area (TPSA) is 74.6 Å². The molecule has 0 fully saturated rings.